The second kappa shape index (κ2) is 2.27. The standard InChI is InChI=1S/C5H13NO2S/c1-4-5(2,6)9(3,7)8/h4,6H2,1-3H3. The molecule has 3 nitrogen and oxygen atoms in total. The molecular weight excluding hydrogens is 138 g/mol. The van der Waals surface area contributed by atoms with Crippen molar-refractivity contribution < 1.29 is 8.42 Å². The molecule has 0 amide bonds. The quantitative estimate of drug-likeness (QED) is 0.609. The Bertz CT molecular complexity index is 181. The van der Waals surface area contributed by atoms with Gasteiger partial charge in [0.15, 0.2) is 9.84 Å². The fourth-order valence-electron chi connectivity index (χ4n) is 0.262. The minimum absolute atomic E-state index is 0.450. The zero-order chi connectivity index (χ0) is 7.71. The van der Waals surface area contributed by atoms with E-state index in [-0.39, 0.29) is 0 Å². The molecule has 1 unspecified atom stereocenters. The average molecular weight is 151 g/mol. The molecule has 0 spiro atoms. The van der Waals surface area contributed by atoms with Gasteiger partial charge >= 0.3 is 0 Å². The van der Waals surface area contributed by atoms with E-state index >= 15 is 0 Å². The summed E-state index contributed by atoms with van der Waals surface area (Å²) in [4.78, 5) is -1.05. The zero-order valence-corrected chi connectivity index (χ0v) is 6.83. The average Bonchev–Trinajstić information content (AvgIpc) is 1.64. The van der Waals surface area contributed by atoms with E-state index in [4.69, 9.17) is 5.73 Å². The van der Waals surface area contributed by atoms with E-state index in [1.165, 1.54) is 6.92 Å². The third-order valence-corrected chi connectivity index (χ3v) is 3.53. The van der Waals surface area contributed by atoms with Gasteiger partial charge in [-0.15, -0.1) is 0 Å². The zero-order valence-electron chi connectivity index (χ0n) is 6.01. The topological polar surface area (TPSA) is 60.2 Å². The van der Waals surface area contributed by atoms with Crippen LogP contribution in [0.25, 0.3) is 0 Å². The van der Waals surface area contributed by atoms with E-state index in [2.05, 4.69) is 0 Å². The number of nitrogens with two attached hydrogens (primary N) is 1. The molecule has 0 aliphatic rings. The third-order valence-electron chi connectivity index (χ3n) is 1.55. The van der Waals surface area contributed by atoms with E-state index in [0.717, 1.165) is 6.26 Å². The van der Waals surface area contributed by atoms with Crippen molar-refractivity contribution in [1.82, 2.24) is 0 Å². The Morgan fingerprint density at radius 1 is 1.56 bits per heavy atom. The maximum atomic E-state index is 10.8. The smallest absolute Gasteiger partial charge is 0.165 e. The first-order chi connectivity index (χ1) is 3.81. The first kappa shape index (κ1) is 8.91. The van der Waals surface area contributed by atoms with Crippen LogP contribution in [0.4, 0.5) is 0 Å². The first-order valence-corrected chi connectivity index (χ1v) is 4.69. The molecule has 0 aromatic heterocycles. The maximum absolute atomic E-state index is 10.8. The van der Waals surface area contributed by atoms with Crippen LogP contribution in [-0.4, -0.2) is 19.5 Å². The lowest BCUT2D eigenvalue weighted by atomic mass is 10.3. The van der Waals surface area contributed by atoms with E-state index in [0.29, 0.717) is 6.42 Å². The van der Waals surface area contributed by atoms with Crippen LogP contribution < -0.4 is 5.73 Å². The van der Waals surface area contributed by atoms with Gasteiger partial charge < -0.3 is 5.73 Å². The van der Waals surface area contributed by atoms with Crippen LogP contribution in [0.2, 0.25) is 0 Å². The summed E-state index contributed by atoms with van der Waals surface area (Å²) in [6.07, 6.45) is 1.60. The van der Waals surface area contributed by atoms with Gasteiger partial charge in [-0.3, -0.25) is 0 Å². The number of hydrogen-bond donors (Lipinski definition) is 1. The van der Waals surface area contributed by atoms with Gasteiger partial charge in [-0.25, -0.2) is 8.42 Å². The van der Waals surface area contributed by atoms with E-state index in [1.54, 1.807) is 6.92 Å². The number of hydrogen-bond acceptors (Lipinski definition) is 3. The number of rotatable bonds is 2. The molecule has 0 heterocycles. The van der Waals surface area contributed by atoms with Crippen molar-refractivity contribution >= 4 is 9.84 Å². The summed E-state index contributed by atoms with van der Waals surface area (Å²) in [5.74, 6) is 0. The van der Waals surface area contributed by atoms with E-state index in [1.807, 2.05) is 0 Å². The van der Waals surface area contributed by atoms with Gasteiger partial charge in [-0.05, 0) is 13.3 Å². The maximum Gasteiger partial charge on any atom is 0.165 e. The highest BCUT2D eigenvalue weighted by Crippen LogP contribution is 2.11. The highest BCUT2D eigenvalue weighted by atomic mass is 32.2. The van der Waals surface area contributed by atoms with Gasteiger partial charge in [-0.1, -0.05) is 6.92 Å². The molecule has 56 valence electrons. The number of sulfone groups is 1. The van der Waals surface area contributed by atoms with Crippen molar-refractivity contribution in [3.63, 3.8) is 0 Å². The van der Waals surface area contributed by atoms with Crippen molar-refractivity contribution in [2.75, 3.05) is 6.26 Å². The molecule has 0 radical (unpaired) electrons. The first-order valence-electron chi connectivity index (χ1n) is 2.80. The third kappa shape index (κ3) is 1.95. The summed E-state index contributed by atoms with van der Waals surface area (Å²) >= 11 is 0. The molecule has 0 saturated heterocycles. The Balaban J connectivity index is 4.56. The van der Waals surface area contributed by atoms with Gasteiger partial charge in [0.25, 0.3) is 0 Å². The van der Waals surface area contributed by atoms with Crippen molar-refractivity contribution in [3.8, 4) is 0 Å². The highest BCUT2D eigenvalue weighted by Gasteiger charge is 2.27. The Morgan fingerprint density at radius 3 is 1.89 bits per heavy atom. The lowest BCUT2D eigenvalue weighted by Crippen LogP contribution is -2.43. The van der Waals surface area contributed by atoms with Crippen molar-refractivity contribution in [1.29, 1.82) is 0 Å². The summed E-state index contributed by atoms with van der Waals surface area (Å²) in [6, 6.07) is 0. The molecule has 0 saturated carbocycles. The van der Waals surface area contributed by atoms with Crippen LogP contribution in [0.5, 0.6) is 0 Å². The molecule has 0 fully saturated rings. The van der Waals surface area contributed by atoms with Crippen LogP contribution in [0, 0.1) is 0 Å². The largest absolute Gasteiger partial charge is 0.313 e. The molecule has 2 N–H and O–H groups in total. The minimum atomic E-state index is -3.07. The molecule has 0 aromatic carbocycles. The van der Waals surface area contributed by atoms with E-state index < -0.39 is 14.7 Å². The van der Waals surface area contributed by atoms with Crippen LogP contribution in [-0.2, 0) is 9.84 Å². The molecule has 0 aliphatic heterocycles. The fraction of sp³-hybridized carbons (Fsp3) is 1.00. The predicted molar refractivity (Wildman–Crippen MR) is 37.7 cm³/mol. The molecule has 0 rings (SSSR count). The van der Waals surface area contributed by atoms with Gasteiger partial charge in [0.05, 0.1) is 0 Å². The molecular formula is C5H13NO2S. The SMILES string of the molecule is CCC(C)(N)S(C)(=O)=O. The van der Waals surface area contributed by atoms with Crippen molar-refractivity contribution in [2.45, 2.75) is 25.1 Å². The molecule has 1 atom stereocenters. The Labute approximate surface area is 56.2 Å². The summed E-state index contributed by atoms with van der Waals surface area (Å²) in [6.45, 7) is 3.27. The lowest BCUT2D eigenvalue weighted by Gasteiger charge is -2.19. The predicted octanol–water partition coefficient (Wildman–Crippen LogP) is 0.116. The molecule has 0 aliphatic carbocycles. The summed E-state index contributed by atoms with van der Waals surface area (Å²) in [5.41, 5.74) is 5.41. The van der Waals surface area contributed by atoms with Crippen LogP contribution in [0.3, 0.4) is 0 Å². The van der Waals surface area contributed by atoms with Gasteiger partial charge in [0.1, 0.15) is 4.87 Å². The minimum Gasteiger partial charge on any atom is -0.313 e. The molecule has 9 heavy (non-hydrogen) atoms. The summed E-state index contributed by atoms with van der Waals surface area (Å²) in [5, 5.41) is 0. The second-order valence-corrected chi connectivity index (χ2v) is 4.92. The molecule has 4 heteroatoms. The fourth-order valence-corrected chi connectivity index (χ4v) is 0.787. The van der Waals surface area contributed by atoms with Gasteiger partial charge in [0.2, 0.25) is 0 Å². The molecule has 0 aromatic rings. The Morgan fingerprint density at radius 2 is 1.89 bits per heavy atom. The van der Waals surface area contributed by atoms with Gasteiger partial charge in [0, 0.05) is 6.26 Å². The van der Waals surface area contributed by atoms with E-state index in [9.17, 15) is 8.42 Å². The van der Waals surface area contributed by atoms with Gasteiger partial charge in [-0.2, -0.15) is 0 Å². The second-order valence-electron chi connectivity index (χ2n) is 2.44. The van der Waals surface area contributed by atoms with Crippen molar-refractivity contribution in [2.24, 2.45) is 5.73 Å². The van der Waals surface area contributed by atoms with Crippen LogP contribution in [0.15, 0.2) is 0 Å². The Hall–Kier alpha value is -0.0900. The summed E-state index contributed by atoms with van der Waals surface area (Å²) < 4.78 is 21.5. The Kier molecular flexibility index (Phi) is 2.24. The molecule has 0 bridgehead atoms. The summed E-state index contributed by atoms with van der Waals surface area (Å²) in [7, 11) is -3.07. The highest BCUT2D eigenvalue weighted by molar-refractivity contribution is 7.92. The monoisotopic (exact) mass is 151 g/mol. The lowest BCUT2D eigenvalue weighted by molar-refractivity contribution is 0.532. The van der Waals surface area contributed by atoms with Crippen molar-refractivity contribution in [3.05, 3.63) is 0 Å². The normalized spacial score (nSPS) is 19.1. The van der Waals surface area contributed by atoms with Crippen LogP contribution >= 0.6 is 0 Å². The van der Waals surface area contributed by atoms with Crippen LogP contribution in [0.1, 0.15) is 20.3 Å².